The lowest BCUT2D eigenvalue weighted by atomic mass is 10.1. The summed E-state index contributed by atoms with van der Waals surface area (Å²) in [6.07, 6.45) is -3.54. The molecule has 0 radical (unpaired) electrons. The highest BCUT2D eigenvalue weighted by molar-refractivity contribution is 5.75. The minimum atomic E-state index is -4.40. The maximum Gasteiger partial charge on any atom is 0.422 e. The molecule has 0 aliphatic carbocycles. The van der Waals surface area contributed by atoms with Gasteiger partial charge in [0.1, 0.15) is 5.75 Å². The van der Waals surface area contributed by atoms with E-state index in [4.69, 9.17) is 10.5 Å². The Labute approximate surface area is 121 Å². The summed E-state index contributed by atoms with van der Waals surface area (Å²) in [6, 6.07) is 4.92. The third kappa shape index (κ3) is 6.99. The van der Waals surface area contributed by atoms with Gasteiger partial charge in [-0.05, 0) is 31.5 Å². The molecule has 3 N–H and O–H groups in total. The zero-order valence-corrected chi connectivity index (χ0v) is 11.8. The fourth-order valence-corrected chi connectivity index (χ4v) is 1.65. The highest BCUT2D eigenvalue weighted by Crippen LogP contribution is 2.23. The molecule has 0 bridgehead atoms. The first kappa shape index (κ1) is 17.3. The number of carbonyl (C=O) groups excluding carboxylic acids is 1. The SMILES string of the molecule is Cc1ccc(CNC(=O)CCCN)c(OCC(F)(F)F)c1. The molecule has 7 heteroatoms. The Morgan fingerprint density at radius 3 is 2.71 bits per heavy atom. The van der Waals surface area contributed by atoms with Crippen LogP contribution in [0.4, 0.5) is 13.2 Å². The van der Waals surface area contributed by atoms with Crippen molar-refractivity contribution in [3.8, 4) is 5.75 Å². The molecule has 1 aromatic carbocycles. The molecule has 0 aromatic heterocycles. The number of alkyl halides is 3. The second-order valence-electron chi connectivity index (χ2n) is 4.68. The Morgan fingerprint density at radius 2 is 2.10 bits per heavy atom. The Hall–Kier alpha value is -1.76. The van der Waals surface area contributed by atoms with E-state index in [1.54, 1.807) is 19.1 Å². The van der Waals surface area contributed by atoms with Crippen LogP contribution in [-0.4, -0.2) is 25.2 Å². The third-order valence-corrected chi connectivity index (χ3v) is 2.70. The predicted molar refractivity (Wildman–Crippen MR) is 72.9 cm³/mol. The summed E-state index contributed by atoms with van der Waals surface area (Å²) < 4.78 is 41.5. The maximum absolute atomic E-state index is 12.2. The Kier molecular flexibility index (Phi) is 6.48. The van der Waals surface area contributed by atoms with Gasteiger partial charge in [0.05, 0.1) is 0 Å². The van der Waals surface area contributed by atoms with Crippen molar-refractivity contribution < 1.29 is 22.7 Å². The molecule has 0 atom stereocenters. The van der Waals surface area contributed by atoms with Crippen LogP contribution in [0.25, 0.3) is 0 Å². The van der Waals surface area contributed by atoms with Crippen molar-refractivity contribution in [3.05, 3.63) is 29.3 Å². The van der Waals surface area contributed by atoms with Crippen molar-refractivity contribution >= 4 is 5.91 Å². The minimum Gasteiger partial charge on any atom is -0.484 e. The number of amides is 1. The van der Waals surface area contributed by atoms with Gasteiger partial charge in [-0.1, -0.05) is 12.1 Å². The molecule has 0 fully saturated rings. The average Bonchev–Trinajstić information content (AvgIpc) is 2.41. The average molecular weight is 304 g/mol. The van der Waals surface area contributed by atoms with E-state index in [-0.39, 0.29) is 18.2 Å². The summed E-state index contributed by atoms with van der Waals surface area (Å²) in [4.78, 5) is 11.5. The molecule has 1 rings (SSSR count). The molecule has 0 saturated heterocycles. The van der Waals surface area contributed by atoms with Gasteiger partial charge in [-0.15, -0.1) is 0 Å². The number of aryl methyl sites for hydroxylation is 1. The van der Waals surface area contributed by atoms with Crippen molar-refractivity contribution in [1.82, 2.24) is 5.32 Å². The van der Waals surface area contributed by atoms with Crippen LogP contribution in [0.3, 0.4) is 0 Å². The van der Waals surface area contributed by atoms with Gasteiger partial charge in [0, 0.05) is 18.5 Å². The third-order valence-electron chi connectivity index (χ3n) is 2.70. The monoisotopic (exact) mass is 304 g/mol. The number of ether oxygens (including phenoxy) is 1. The van der Waals surface area contributed by atoms with Crippen molar-refractivity contribution in [2.75, 3.05) is 13.2 Å². The zero-order chi connectivity index (χ0) is 15.9. The van der Waals surface area contributed by atoms with Crippen molar-refractivity contribution in [1.29, 1.82) is 0 Å². The summed E-state index contributed by atoms with van der Waals surface area (Å²) in [7, 11) is 0. The first-order chi connectivity index (χ1) is 9.81. The van der Waals surface area contributed by atoms with Crippen LogP contribution in [0.15, 0.2) is 18.2 Å². The second-order valence-corrected chi connectivity index (χ2v) is 4.68. The molecule has 118 valence electrons. The zero-order valence-electron chi connectivity index (χ0n) is 11.8. The molecule has 1 aromatic rings. The Morgan fingerprint density at radius 1 is 1.38 bits per heavy atom. The number of nitrogens with one attached hydrogen (secondary N) is 1. The van der Waals surface area contributed by atoms with Crippen molar-refractivity contribution in [2.45, 2.75) is 32.5 Å². The van der Waals surface area contributed by atoms with Crippen molar-refractivity contribution in [3.63, 3.8) is 0 Å². The molecule has 0 aliphatic rings. The molecule has 1 amide bonds. The van der Waals surface area contributed by atoms with E-state index in [1.165, 1.54) is 6.07 Å². The normalized spacial score (nSPS) is 11.3. The van der Waals surface area contributed by atoms with Crippen LogP contribution in [0.5, 0.6) is 5.75 Å². The Balaban J connectivity index is 2.66. The minimum absolute atomic E-state index is 0.122. The van der Waals surface area contributed by atoms with Crippen molar-refractivity contribution in [2.24, 2.45) is 5.73 Å². The van der Waals surface area contributed by atoms with E-state index in [2.05, 4.69) is 5.32 Å². The van der Waals surface area contributed by atoms with Crippen LogP contribution < -0.4 is 15.8 Å². The number of benzene rings is 1. The van der Waals surface area contributed by atoms with E-state index in [9.17, 15) is 18.0 Å². The van der Waals surface area contributed by atoms with E-state index < -0.39 is 12.8 Å². The fourth-order valence-electron chi connectivity index (χ4n) is 1.65. The first-order valence-electron chi connectivity index (χ1n) is 6.57. The molecule has 0 heterocycles. The van der Waals surface area contributed by atoms with Gasteiger partial charge in [-0.3, -0.25) is 4.79 Å². The lowest BCUT2D eigenvalue weighted by Gasteiger charge is -2.14. The van der Waals surface area contributed by atoms with Gasteiger partial charge in [-0.25, -0.2) is 0 Å². The molecular weight excluding hydrogens is 285 g/mol. The van der Waals surface area contributed by atoms with E-state index in [1.807, 2.05) is 0 Å². The standard InChI is InChI=1S/C14H19F3N2O2/c1-10-4-5-11(8-19-13(20)3-2-6-18)12(7-10)21-9-14(15,16)17/h4-5,7H,2-3,6,8-9,18H2,1H3,(H,19,20). The molecule has 4 nitrogen and oxygen atoms in total. The van der Waals surface area contributed by atoms with Gasteiger partial charge in [-0.2, -0.15) is 13.2 Å². The smallest absolute Gasteiger partial charge is 0.422 e. The fraction of sp³-hybridized carbons (Fsp3) is 0.500. The second kappa shape index (κ2) is 7.87. The number of carbonyl (C=O) groups is 1. The van der Waals surface area contributed by atoms with Crippen LogP contribution >= 0.6 is 0 Å². The maximum atomic E-state index is 12.2. The number of halogens is 3. The highest BCUT2D eigenvalue weighted by atomic mass is 19.4. The van der Waals surface area contributed by atoms with E-state index >= 15 is 0 Å². The molecule has 0 unspecified atom stereocenters. The van der Waals surface area contributed by atoms with Gasteiger partial charge < -0.3 is 15.8 Å². The van der Waals surface area contributed by atoms with Crippen LogP contribution in [0.2, 0.25) is 0 Å². The molecule has 0 spiro atoms. The molecule has 0 aliphatic heterocycles. The highest BCUT2D eigenvalue weighted by Gasteiger charge is 2.28. The lowest BCUT2D eigenvalue weighted by molar-refractivity contribution is -0.153. The van der Waals surface area contributed by atoms with Gasteiger partial charge in [0.25, 0.3) is 0 Å². The molecule has 21 heavy (non-hydrogen) atoms. The van der Waals surface area contributed by atoms with E-state index in [0.717, 1.165) is 5.56 Å². The van der Waals surface area contributed by atoms with Crippen LogP contribution in [0, 0.1) is 6.92 Å². The predicted octanol–water partition coefficient (Wildman–Crippen LogP) is 2.29. The van der Waals surface area contributed by atoms with Crippen LogP contribution in [-0.2, 0) is 11.3 Å². The van der Waals surface area contributed by atoms with Crippen LogP contribution in [0.1, 0.15) is 24.0 Å². The van der Waals surface area contributed by atoms with Gasteiger partial charge in [0.15, 0.2) is 6.61 Å². The summed E-state index contributed by atoms with van der Waals surface area (Å²) in [5, 5.41) is 2.64. The summed E-state index contributed by atoms with van der Waals surface area (Å²) in [5.74, 6) is -0.0609. The molecular formula is C14H19F3N2O2. The number of hydrogen-bond acceptors (Lipinski definition) is 3. The lowest BCUT2D eigenvalue weighted by Crippen LogP contribution is -2.24. The Bertz CT molecular complexity index is 476. The number of rotatable bonds is 7. The first-order valence-corrected chi connectivity index (χ1v) is 6.57. The quantitative estimate of drug-likeness (QED) is 0.812. The topological polar surface area (TPSA) is 64.4 Å². The largest absolute Gasteiger partial charge is 0.484 e. The number of nitrogens with two attached hydrogens (primary N) is 1. The van der Waals surface area contributed by atoms with Gasteiger partial charge >= 0.3 is 6.18 Å². The molecule has 0 saturated carbocycles. The van der Waals surface area contributed by atoms with E-state index in [0.29, 0.717) is 24.9 Å². The summed E-state index contributed by atoms with van der Waals surface area (Å²) >= 11 is 0. The van der Waals surface area contributed by atoms with Gasteiger partial charge in [0.2, 0.25) is 5.91 Å². The summed E-state index contributed by atoms with van der Waals surface area (Å²) in [6.45, 7) is 0.934. The summed E-state index contributed by atoms with van der Waals surface area (Å²) in [5.41, 5.74) is 6.59. The number of hydrogen-bond donors (Lipinski definition) is 2.